The zero-order chi connectivity index (χ0) is 17.7. The first-order valence-electron chi connectivity index (χ1n) is 7.11. The SMILES string of the molecule is CCC(=O)Nc1ccc(C(=O)COc2cc(Cl)c(Cl)cc2Cl)cc1. The van der Waals surface area contributed by atoms with E-state index in [0.29, 0.717) is 27.7 Å². The number of halogens is 3. The first-order valence-corrected chi connectivity index (χ1v) is 8.24. The summed E-state index contributed by atoms with van der Waals surface area (Å²) >= 11 is 17.7. The Balaban J connectivity index is 2.00. The number of amides is 1. The van der Waals surface area contributed by atoms with Crippen LogP contribution in [0.15, 0.2) is 36.4 Å². The molecule has 2 aromatic rings. The maximum atomic E-state index is 12.2. The number of hydrogen-bond donors (Lipinski definition) is 1. The molecule has 4 nitrogen and oxygen atoms in total. The van der Waals surface area contributed by atoms with Crippen molar-refractivity contribution in [3.8, 4) is 5.75 Å². The number of carbonyl (C=O) groups is 2. The Morgan fingerprint density at radius 2 is 1.62 bits per heavy atom. The minimum atomic E-state index is -0.231. The monoisotopic (exact) mass is 385 g/mol. The molecule has 0 bridgehead atoms. The van der Waals surface area contributed by atoms with Crippen molar-refractivity contribution in [1.29, 1.82) is 0 Å². The van der Waals surface area contributed by atoms with E-state index in [9.17, 15) is 9.59 Å². The van der Waals surface area contributed by atoms with Crippen LogP contribution >= 0.6 is 34.8 Å². The molecular weight excluding hydrogens is 373 g/mol. The molecule has 24 heavy (non-hydrogen) atoms. The first kappa shape index (κ1) is 18.6. The summed E-state index contributed by atoms with van der Waals surface area (Å²) in [5, 5.41) is 3.58. The number of hydrogen-bond acceptors (Lipinski definition) is 3. The molecule has 0 heterocycles. The number of Topliss-reactive ketones (excluding diaryl/α,β-unsaturated/α-hetero) is 1. The third-order valence-electron chi connectivity index (χ3n) is 3.15. The summed E-state index contributed by atoms with van der Waals surface area (Å²) in [6, 6.07) is 9.47. The fraction of sp³-hybridized carbons (Fsp3) is 0.176. The second-order valence-corrected chi connectivity index (χ2v) is 6.11. The van der Waals surface area contributed by atoms with Crippen molar-refractivity contribution < 1.29 is 14.3 Å². The second-order valence-electron chi connectivity index (χ2n) is 4.89. The first-order chi connectivity index (χ1) is 11.4. The molecule has 0 spiro atoms. The van der Waals surface area contributed by atoms with Crippen LogP contribution in [0.4, 0.5) is 5.69 Å². The summed E-state index contributed by atoms with van der Waals surface area (Å²) in [5.41, 5.74) is 1.09. The van der Waals surface area contributed by atoms with Gasteiger partial charge in [0.15, 0.2) is 12.4 Å². The molecule has 0 aromatic heterocycles. The molecule has 1 N–H and O–H groups in total. The smallest absolute Gasteiger partial charge is 0.224 e. The van der Waals surface area contributed by atoms with Gasteiger partial charge in [0.1, 0.15) is 5.75 Å². The van der Waals surface area contributed by atoms with Gasteiger partial charge in [0.2, 0.25) is 5.91 Å². The molecule has 0 aliphatic heterocycles. The summed E-state index contributed by atoms with van der Waals surface area (Å²) in [6.07, 6.45) is 0.388. The van der Waals surface area contributed by atoms with E-state index in [4.69, 9.17) is 39.5 Å². The van der Waals surface area contributed by atoms with E-state index in [0.717, 1.165) is 0 Å². The van der Waals surface area contributed by atoms with E-state index in [1.807, 2.05) is 0 Å². The topological polar surface area (TPSA) is 55.4 Å². The van der Waals surface area contributed by atoms with E-state index in [1.54, 1.807) is 31.2 Å². The van der Waals surface area contributed by atoms with Crippen LogP contribution in [0.25, 0.3) is 0 Å². The summed E-state index contributed by atoms with van der Waals surface area (Å²) in [4.78, 5) is 23.5. The highest BCUT2D eigenvalue weighted by Crippen LogP contribution is 2.33. The van der Waals surface area contributed by atoms with Gasteiger partial charge in [-0.25, -0.2) is 0 Å². The quantitative estimate of drug-likeness (QED) is 0.544. The van der Waals surface area contributed by atoms with Crippen LogP contribution in [0, 0.1) is 0 Å². The van der Waals surface area contributed by atoms with Gasteiger partial charge in [0.25, 0.3) is 0 Å². The molecule has 0 atom stereocenters. The Morgan fingerprint density at radius 3 is 2.25 bits per heavy atom. The van der Waals surface area contributed by atoms with Crippen molar-refractivity contribution in [2.75, 3.05) is 11.9 Å². The van der Waals surface area contributed by atoms with Gasteiger partial charge in [-0.15, -0.1) is 0 Å². The van der Waals surface area contributed by atoms with Crippen LogP contribution < -0.4 is 10.1 Å². The lowest BCUT2D eigenvalue weighted by Crippen LogP contribution is -2.13. The molecule has 0 radical (unpaired) electrons. The maximum absolute atomic E-state index is 12.2. The van der Waals surface area contributed by atoms with Crippen molar-refractivity contribution in [3.63, 3.8) is 0 Å². The van der Waals surface area contributed by atoms with E-state index in [-0.39, 0.29) is 29.1 Å². The van der Waals surface area contributed by atoms with E-state index in [2.05, 4.69) is 5.32 Å². The average Bonchev–Trinajstić information content (AvgIpc) is 2.57. The molecule has 7 heteroatoms. The largest absolute Gasteiger partial charge is 0.484 e. The number of rotatable bonds is 6. The van der Waals surface area contributed by atoms with Crippen LogP contribution in [0.2, 0.25) is 15.1 Å². The number of carbonyl (C=O) groups excluding carboxylic acids is 2. The van der Waals surface area contributed by atoms with E-state index in [1.165, 1.54) is 12.1 Å². The van der Waals surface area contributed by atoms with Gasteiger partial charge in [-0.1, -0.05) is 41.7 Å². The van der Waals surface area contributed by atoms with Crippen LogP contribution in [0.5, 0.6) is 5.75 Å². The Bertz CT molecular complexity index is 760. The zero-order valence-electron chi connectivity index (χ0n) is 12.7. The lowest BCUT2D eigenvalue weighted by molar-refractivity contribution is -0.115. The highest BCUT2D eigenvalue weighted by atomic mass is 35.5. The van der Waals surface area contributed by atoms with Crippen molar-refractivity contribution in [2.24, 2.45) is 0 Å². The summed E-state index contributed by atoms with van der Waals surface area (Å²) in [6.45, 7) is 1.57. The van der Waals surface area contributed by atoms with Gasteiger partial charge in [0, 0.05) is 23.7 Å². The van der Waals surface area contributed by atoms with E-state index < -0.39 is 0 Å². The predicted octanol–water partition coefficient (Wildman–Crippen LogP) is 5.26. The Morgan fingerprint density at radius 1 is 1.00 bits per heavy atom. The van der Waals surface area contributed by atoms with Crippen molar-refractivity contribution in [3.05, 3.63) is 57.0 Å². The summed E-state index contributed by atoms with van der Waals surface area (Å²) < 4.78 is 5.41. The molecule has 2 rings (SSSR count). The van der Waals surface area contributed by atoms with Gasteiger partial charge >= 0.3 is 0 Å². The summed E-state index contributed by atoms with van der Waals surface area (Å²) in [7, 11) is 0. The number of nitrogens with one attached hydrogen (secondary N) is 1. The van der Waals surface area contributed by atoms with Crippen molar-refractivity contribution >= 4 is 52.2 Å². The molecule has 2 aromatic carbocycles. The molecule has 0 fully saturated rings. The fourth-order valence-corrected chi connectivity index (χ4v) is 2.42. The predicted molar refractivity (Wildman–Crippen MR) is 96.7 cm³/mol. The van der Waals surface area contributed by atoms with Crippen LogP contribution in [0.3, 0.4) is 0 Å². The maximum Gasteiger partial charge on any atom is 0.224 e. The van der Waals surface area contributed by atoms with Gasteiger partial charge < -0.3 is 10.1 Å². The molecule has 0 unspecified atom stereocenters. The number of ketones is 1. The molecule has 1 amide bonds. The van der Waals surface area contributed by atoms with Crippen LogP contribution in [-0.2, 0) is 4.79 Å². The minimum absolute atomic E-state index is 0.0910. The van der Waals surface area contributed by atoms with Gasteiger partial charge in [-0.2, -0.15) is 0 Å². The third kappa shape index (κ3) is 4.87. The highest BCUT2D eigenvalue weighted by Gasteiger charge is 2.11. The number of ether oxygens (including phenoxy) is 1. The van der Waals surface area contributed by atoms with Crippen LogP contribution in [-0.4, -0.2) is 18.3 Å². The van der Waals surface area contributed by atoms with Crippen LogP contribution in [0.1, 0.15) is 23.7 Å². The fourth-order valence-electron chi connectivity index (χ4n) is 1.83. The lowest BCUT2D eigenvalue weighted by atomic mass is 10.1. The molecule has 0 saturated carbocycles. The number of benzene rings is 2. The lowest BCUT2D eigenvalue weighted by Gasteiger charge is -2.09. The Kier molecular flexibility index (Phi) is 6.49. The standard InChI is InChI=1S/C17H14Cl3NO3/c1-2-17(23)21-11-5-3-10(4-6-11)15(22)9-24-16-8-13(19)12(18)7-14(16)20/h3-8H,2,9H2,1H3,(H,21,23). The van der Waals surface area contributed by atoms with Gasteiger partial charge in [0.05, 0.1) is 15.1 Å². The van der Waals surface area contributed by atoms with E-state index >= 15 is 0 Å². The Hall–Kier alpha value is -1.75. The zero-order valence-corrected chi connectivity index (χ0v) is 15.0. The minimum Gasteiger partial charge on any atom is -0.484 e. The normalized spacial score (nSPS) is 10.3. The molecule has 0 aliphatic carbocycles. The van der Waals surface area contributed by atoms with Gasteiger partial charge in [-0.05, 0) is 30.3 Å². The second kappa shape index (κ2) is 8.38. The molecule has 126 valence electrons. The average molecular weight is 387 g/mol. The van der Waals surface area contributed by atoms with Crippen molar-refractivity contribution in [2.45, 2.75) is 13.3 Å². The van der Waals surface area contributed by atoms with Gasteiger partial charge in [-0.3, -0.25) is 9.59 Å². The molecular formula is C17H14Cl3NO3. The van der Waals surface area contributed by atoms with Crippen molar-refractivity contribution in [1.82, 2.24) is 0 Å². The summed E-state index contributed by atoms with van der Waals surface area (Å²) in [5.74, 6) is -0.0385. The number of anilines is 1. The third-order valence-corrected chi connectivity index (χ3v) is 4.16. The molecule has 0 saturated heterocycles. The highest BCUT2D eigenvalue weighted by molar-refractivity contribution is 6.43. The Labute approximate surface area is 154 Å². The molecule has 0 aliphatic rings.